The van der Waals surface area contributed by atoms with Crippen LogP contribution in [0.3, 0.4) is 0 Å². The van der Waals surface area contributed by atoms with E-state index in [1.54, 1.807) is 53.4 Å². The largest absolute Gasteiger partial charge is 0.481 e. The number of carbonyl (C=O) groups excluding carboxylic acids is 3. The number of carboxylic acids is 1. The van der Waals surface area contributed by atoms with Gasteiger partial charge in [-0.3, -0.25) is 14.4 Å². The van der Waals surface area contributed by atoms with Crippen LogP contribution < -0.4 is 15.5 Å². The van der Waals surface area contributed by atoms with Crippen LogP contribution in [0.4, 0.5) is 16.2 Å². The predicted molar refractivity (Wildman–Crippen MR) is 149 cm³/mol. The van der Waals surface area contributed by atoms with Crippen LogP contribution in [0.5, 0.6) is 0 Å². The van der Waals surface area contributed by atoms with E-state index in [0.717, 1.165) is 10.4 Å². The summed E-state index contributed by atoms with van der Waals surface area (Å²) in [6.07, 6.45) is -0.650. The van der Waals surface area contributed by atoms with E-state index in [4.69, 9.17) is 4.74 Å². The van der Waals surface area contributed by atoms with Gasteiger partial charge >= 0.3 is 12.1 Å². The van der Waals surface area contributed by atoms with E-state index < -0.39 is 24.0 Å². The van der Waals surface area contributed by atoms with Crippen molar-refractivity contribution < 1.29 is 29.0 Å². The van der Waals surface area contributed by atoms with Crippen LogP contribution in [0, 0.1) is 6.92 Å². The number of aryl methyl sites for hydroxylation is 1. The molecule has 0 radical (unpaired) electrons. The number of thiophene rings is 1. The first-order chi connectivity index (χ1) is 18.7. The van der Waals surface area contributed by atoms with Crippen LogP contribution in [-0.4, -0.2) is 67.2 Å². The number of methoxy groups -OCH3 is 1. The first-order valence-electron chi connectivity index (χ1n) is 12.4. The Labute approximate surface area is 230 Å². The fourth-order valence-electron chi connectivity index (χ4n) is 4.42. The number of amides is 3. The highest BCUT2D eigenvalue weighted by molar-refractivity contribution is 7.10. The first-order valence-corrected chi connectivity index (χ1v) is 13.3. The molecule has 1 saturated heterocycles. The molecule has 1 aromatic heterocycles. The summed E-state index contributed by atoms with van der Waals surface area (Å²) in [7, 11) is 1.34. The van der Waals surface area contributed by atoms with E-state index in [9.17, 15) is 24.3 Å². The number of carboxylic acid groups (broad SMARTS) is 1. The van der Waals surface area contributed by atoms with Crippen LogP contribution in [-0.2, 0) is 9.53 Å². The molecule has 3 N–H and O–H groups in total. The molecule has 4 rings (SSSR count). The summed E-state index contributed by atoms with van der Waals surface area (Å²) < 4.78 is 4.82. The number of nitrogens with one attached hydrogen (secondary N) is 2. The van der Waals surface area contributed by atoms with Crippen LogP contribution in [0.1, 0.15) is 43.6 Å². The maximum atomic E-state index is 13.2. The zero-order valence-corrected chi connectivity index (χ0v) is 22.5. The van der Waals surface area contributed by atoms with Crippen molar-refractivity contribution in [2.45, 2.75) is 19.4 Å². The summed E-state index contributed by atoms with van der Waals surface area (Å²) in [5, 5.41) is 16.9. The zero-order valence-electron chi connectivity index (χ0n) is 21.7. The molecular weight excluding hydrogens is 520 g/mol. The topological polar surface area (TPSA) is 128 Å². The lowest BCUT2D eigenvalue weighted by atomic mass is 10.1. The quantitative estimate of drug-likeness (QED) is 0.385. The van der Waals surface area contributed by atoms with Crippen LogP contribution in [0.25, 0.3) is 0 Å². The molecule has 1 aliphatic heterocycles. The van der Waals surface area contributed by atoms with E-state index >= 15 is 0 Å². The van der Waals surface area contributed by atoms with Crippen molar-refractivity contribution >= 4 is 46.6 Å². The van der Waals surface area contributed by atoms with Gasteiger partial charge in [-0.2, -0.15) is 0 Å². The van der Waals surface area contributed by atoms with Gasteiger partial charge in [-0.15, -0.1) is 11.3 Å². The third-order valence-corrected chi connectivity index (χ3v) is 7.40. The van der Waals surface area contributed by atoms with Crippen molar-refractivity contribution in [2.24, 2.45) is 0 Å². The summed E-state index contributed by atoms with van der Waals surface area (Å²) in [4.78, 5) is 54.1. The summed E-state index contributed by atoms with van der Waals surface area (Å²) >= 11 is 1.37. The molecule has 3 aromatic rings. The number of aliphatic carboxylic acids is 1. The van der Waals surface area contributed by atoms with Crippen LogP contribution in [0.2, 0.25) is 0 Å². The van der Waals surface area contributed by atoms with Gasteiger partial charge in [0, 0.05) is 42.2 Å². The van der Waals surface area contributed by atoms with E-state index in [1.165, 1.54) is 18.4 Å². The molecule has 1 atom stereocenters. The molecule has 1 unspecified atom stereocenters. The Morgan fingerprint density at radius 3 is 2.36 bits per heavy atom. The summed E-state index contributed by atoms with van der Waals surface area (Å²) in [6, 6.07) is 15.1. The molecule has 11 heteroatoms. The minimum atomic E-state index is -1.03. The van der Waals surface area contributed by atoms with Crippen molar-refractivity contribution in [1.29, 1.82) is 0 Å². The number of hydrogen-bond donors (Lipinski definition) is 3. The number of nitrogens with zero attached hydrogens (tertiary/aromatic N) is 2. The van der Waals surface area contributed by atoms with Crippen molar-refractivity contribution in [3.63, 3.8) is 0 Å². The van der Waals surface area contributed by atoms with E-state index in [0.29, 0.717) is 43.1 Å². The van der Waals surface area contributed by atoms with Gasteiger partial charge in [-0.1, -0.05) is 23.8 Å². The first kappa shape index (κ1) is 27.6. The maximum Gasteiger partial charge on any atom is 0.409 e. The Bertz CT molecular complexity index is 1350. The molecule has 0 aliphatic carbocycles. The van der Waals surface area contributed by atoms with Gasteiger partial charge in [0.1, 0.15) is 0 Å². The lowest BCUT2D eigenvalue weighted by Crippen LogP contribution is -2.49. The molecule has 2 heterocycles. The number of rotatable bonds is 8. The van der Waals surface area contributed by atoms with Crippen LogP contribution >= 0.6 is 11.3 Å². The second-order valence-electron chi connectivity index (χ2n) is 9.14. The number of ether oxygens (including phenoxy) is 1. The van der Waals surface area contributed by atoms with Gasteiger partial charge < -0.3 is 30.3 Å². The molecule has 1 fully saturated rings. The molecule has 0 spiro atoms. The number of piperazine rings is 1. The maximum absolute atomic E-state index is 13.2. The molecule has 10 nitrogen and oxygen atoms in total. The van der Waals surface area contributed by atoms with Crippen LogP contribution in [0.15, 0.2) is 60.0 Å². The van der Waals surface area contributed by atoms with E-state index in [1.807, 2.05) is 23.3 Å². The highest BCUT2D eigenvalue weighted by Crippen LogP contribution is 2.30. The van der Waals surface area contributed by atoms with Gasteiger partial charge in [0.15, 0.2) is 0 Å². The fourth-order valence-corrected chi connectivity index (χ4v) is 5.20. The number of carbonyl (C=O) groups is 4. The van der Waals surface area contributed by atoms with Gasteiger partial charge in [0.05, 0.1) is 30.9 Å². The standard InChI is InChI=1S/C28H30N4O6S/c1-18-5-3-6-19(15-18)26(35)29-21-16-20(27(36)30-22(17-25(33)34)24-7-4-14-39-24)8-9-23(21)31-10-12-32(13-11-31)28(37)38-2/h3-9,14-16,22H,10-13,17H2,1-2H3,(H,29,35)(H,30,36)(H,33,34). The summed E-state index contributed by atoms with van der Waals surface area (Å²) in [6.45, 7) is 3.80. The molecule has 0 saturated carbocycles. The fraction of sp³-hybridized carbons (Fsp3) is 0.286. The Balaban J connectivity index is 1.61. The average molecular weight is 551 g/mol. The van der Waals surface area contributed by atoms with Gasteiger partial charge in [-0.25, -0.2) is 4.79 Å². The Kier molecular flexibility index (Phi) is 8.82. The third kappa shape index (κ3) is 6.94. The third-order valence-electron chi connectivity index (χ3n) is 6.41. The molecular formula is C28H30N4O6S. The van der Waals surface area contributed by atoms with Crippen molar-refractivity contribution in [3.8, 4) is 0 Å². The second kappa shape index (κ2) is 12.4. The molecule has 2 aromatic carbocycles. The van der Waals surface area contributed by atoms with Gasteiger partial charge in [0.25, 0.3) is 11.8 Å². The minimum Gasteiger partial charge on any atom is -0.481 e. The normalized spacial score (nSPS) is 13.9. The van der Waals surface area contributed by atoms with Crippen molar-refractivity contribution in [3.05, 3.63) is 81.5 Å². The van der Waals surface area contributed by atoms with Gasteiger partial charge in [-0.05, 0) is 48.7 Å². The number of benzene rings is 2. The van der Waals surface area contributed by atoms with Crippen molar-refractivity contribution in [2.75, 3.05) is 43.5 Å². The Hall–Kier alpha value is -4.38. The molecule has 39 heavy (non-hydrogen) atoms. The highest BCUT2D eigenvalue weighted by Gasteiger charge is 2.25. The van der Waals surface area contributed by atoms with E-state index in [-0.39, 0.29) is 17.9 Å². The lowest BCUT2D eigenvalue weighted by molar-refractivity contribution is -0.137. The molecule has 3 amide bonds. The smallest absolute Gasteiger partial charge is 0.409 e. The monoisotopic (exact) mass is 550 g/mol. The summed E-state index contributed by atoms with van der Waals surface area (Å²) in [5.74, 6) is -1.81. The lowest BCUT2D eigenvalue weighted by Gasteiger charge is -2.36. The number of anilines is 2. The second-order valence-corrected chi connectivity index (χ2v) is 10.1. The molecule has 1 aliphatic rings. The zero-order chi connectivity index (χ0) is 27.9. The Morgan fingerprint density at radius 1 is 0.974 bits per heavy atom. The Morgan fingerprint density at radius 2 is 1.72 bits per heavy atom. The van der Waals surface area contributed by atoms with Crippen molar-refractivity contribution in [1.82, 2.24) is 10.2 Å². The SMILES string of the molecule is COC(=O)N1CCN(c2ccc(C(=O)NC(CC(=O)O)c3cccs3)cc2NC(=O)c2cccc(C)c2)CC1. The molecule has 0 bridgehead atoms. The predicted octanol–water partition coefficient (Wildman–Crippen LogP) is 4.14. The van der Waals surface area contributed by atoms with Gasteiger partial charge in [0.2, 0.25) is 0 Å². The van der Waals surface area contributed by atoms with E-state index in [2.05, 4.69) is 10.6 Å². The number of hydrogen-bond acceptors (Lipinski definition) is 7. The highest BCUT2D eigenvalue weighted by atomic mass is 32.1. The summed E-state index contributed by atoms with van der Waals surface area (Å²) in [5.41, 5.74) is 2.83. The minimum absolute atomic E-state index is 0.258. The average Bonchev–Trinajstić information content (AvgIpc) is 3.47. The molecule has 204 valence electrons.